The number of hydroxylamine groups is 2. The summed E-state index contributed by atoms with van der Waals surface area (Å²) in [7, 11) is -4.64. The summed E-state index contributed by atoms with van der Waals surface area (Å²) in [5, 5.41) is 7.02. The van der Waals surface area contributed by atoms with Crippen molar-refractivity contribution in [2.24, 2.45) is 5.41 Å². The van der Waals surface area contributed by atoms with Gasteiger partial charge in [-0.05, 0) is 59.0 Å². The molecule has 0 spiro atoms. The van der Waals surface area contributed by atoms with Gasteiger partial charge in [-0.1, -0.05) is 32.6 Å². The van der Waals surface area contributed by atoms with Crippen LogP contribution < -0.4 is 10.6 Å². The van der Waals surface area contributed by atoms with E-state index in [0.717, 1.165) is 63.1 Å². The van der Waals surface area contributed by atoms with Gasteiger partial charge in [0.05, 0.1) is 24.7 Å². The molecule has 3 heterocycles. The Balaban J connectivity index is 1.47. The molecule has 0 saturated carbocycles. The topological polar surface area (TPSA) is 144 Å². The van der Waals surface area contributed by atoms with Gasteiger partial charge in [0.15, 0.2) is 0 Å². The normalized spacial score (nSPS) is 22.8. The van der Waals surface area contributed by atoms with Gasteiger partial charge in [0.2, 0.25) is 5.91 Å². The van der Waals surface area contributed by atoms with Crippen molar-refractivity contribution in [1.82, 2.24) is 20.6 Å². The highest BCUT2D eigenvalue weighted by atomic mass is 32.3. The maximum atomic E-state index is 12.9. The Bertz CT molecular complexity index is 906. The zero-order valence-corrected chi connectivity index (χ0v) is 23.0. The molecule has 2 unspecified atom stereocenters. The van der Waals surface area contributed by atoms with E-state index in [1.807, 2.05) is 0 Å². The SMILES string of the molecule is CCCCCCCOC(=O)C(C)(C)COS(=O)(=O)ON1C(=O)N2CC1CCC2C(=O)NC1CCNCC1. The van der Waals surface area contributed by atoms with E-state index in [2.05, 4.69) is 17.6 Å². The number of nitrogens with one attached hydrogen (secondary N) is 2. The van der Waals surface area contributed by atoms with Gasteiger partial charge in [0, 0.05) is 12.6 Å². The number of carbonyl (C=O) groups excluding carboxylic acids is 3. The Kier molecular flexibility index (Phi) is 10.6. The number of fused-ring (bicyclic) bond motifs is 2. The fourth-order valence-corrected chi connectivity index (χ4v) is 5.59. The first-order valence-corrected chi connectivity index (χ1v) is 14.7. The second-order valence-corrected chi connectivity index (χ2v) is 11.9. The molecule has 0 aromatic rings. The third kappa shape index (κ3) is 8.26. The van der Waals surface area contributed by atoms with Crippen LogP contribution in [0.3, 0.4) is 0 Å². The first kappa shape index (κ1) is 29.6. The molecule has 3 fully saturated rings. The number of unbranched alkanes of at least 4 members (excludes halogenated alkanes) is 4. The standard InChI is InChI=1S/C24H42N4O8S/c1-4-5-6-7-8-15-34-22(30)24(2,3)17-35-37(32,33)36-28-19-9-10-20(27(16-19)23(28)31)21(29)26-18-11-13-25-14-12-18/h18-20,25H,4-17H2,1-3H3,(H,26,29). The maximum Gasteiger partial charge on any atom is 0.421 e. The van der Waals surface area contributed by atoms with Crippen molar-refractivity contribution in [1.29, 1.82) is 0 Å². The predicted octanol–water partition coefficient (Wildman–Crippen LogP) is 1.86. The lowest BCUT2D eigenvalue weighted by atomic mass is 9.95. The van der Waals surface area contributed by atoms with Crippen molar-refractivity contribution >= 4 is 28.3 Å². The third-order valence-corrected chi connectivity index (χ3v) is 7.83. The molecule has 2 atom stereocenters. The van der Waals surface area contributed by atoms with Crippen LogP contribution in [0.2, 0.25) is 0 Å². The zero-order chi connectivity index (χ0) is 27.1. The number of nitrogens with zero attached hydrogens (tertiary/aromatic N) is 2. The summed E-state index contributed by atoms with van der Waals surface area (Å²) in [6, 6.07) is -1.82. The van der Waals surface area contributed by atoms with Gasteiger partial charge in [-0.25, -0.2) is 8.98 Å². The van der Waals surface area contributed by atoms with Gasteiger partial charge in [-0.2, -0.15) is 13.5 Å². The minimum atomic E-state index is -4.64. The molecule has 3 aliphatic heterocycles. The number of esters is 1. The average molecular weight is 547 g/mol. The number of piperidine rings is 2. The molecule has 0 aliphatic carbocycles. The molecule has 0 aromatic heterocycles. The monoisotopic (exact) mass is 546 g/mol. The fraction of sp³-hybridized carbons (Fsp3) is 0.875. The van der Waals surface area contributed by atoms with Gasteiger partial charge < -0.3 is 20.3 Å². The quantitative estimate of drug-likeness (QED) is 0.246. The number of hydrogen-bond donors (Lipinski definition) is 2. The molecule has 212 valence electrons. The van der Waals surface area contributed by atoms with Crippen molar-refractivity contribution in [2.45, 2.75) is 96.7 Å². The van der Waals surface area contributed by atoms with Crippen LogP contribution in [0, 0.1) is 5.41 Å². The van der Waals surface area contributed by atoms with Gasteiger partial charge >= 0.3 is 22.4 Å². The Morgan fingerprint density at radius 3 is 2.49 bits per heavy atom. The average Bonchev–Trinajstić information content (AvgIpc) is 3.09. The van der Waals surface area contributed by atoms with Crippen LogP contribution in [0.15, 0.2) is 0 Å². The molecule has 13 heteroatoms. The van der Waals surface area contributed by atoms with E-state index in [4.69, 9.17) is 13.2 Å². The first-order chi connectivity index (χ1) is 17.5. The van der Waals surface area contributed by atoms with Crippen LogP contribution in [-0.4, -0.2) is 87.3 Å². The molecule has 12 nitrogen and oxygen atoms in total. The van der Waals surface area contributed by atoms with Gasteiger partial charge in [-0.15, -0.1) is 4.28 Å². The molecule has 2 bridgehead atoms. The summed E-state index contributed by atoms with van der Waals surface area (Å²) in [5.74, 6) is -0.801. The van der Waals surface area contributed by atoms with Crippen LogP contribution in [0.4, 0.5) is 4.79 Å². The van der Waals surface area contributed by atoms with Crippen LogP contribution in [0.1, 0.15) is 78.6 Å². The summed E-state index contributed by atoms with van der Waals surface area (Å²) in [5.41, 5.74) is -1.23. The summed E-state index contributed by atoms with van der Waals surface area (Å²) in [4.78, 5) is 39.5. The van der Waals surface area contributed by atoms with Crippen molar-refractivity contribution in [3.63, 3.8) is 0 Å². The lowest BCUT2D eigenvalue weighted by molar-refractivity contribution is -0.156. The van der Waals surface area contributed by atoms with Crippen molar-refractivity contribution in [3.05, 3.63) is 0 Å². The minimum Gasteiger partial charge on any atom is -0.465 e. The summed E-state index contributed by atoms with van der Waals surface area (Å²) in [6.45, 7) is 6.77. The summed E-state index contributed by atoms with van der Waals surface area (Å²) >= 11 is 0. The Labute approximate surface area is 220 Å². The molecule has 3 saturated heterocycles. The van der Waals surface area contributed by atoms with Gasteiger partial charge in [0.1, 0.15) is 6.04 Å². The molecular weight excluding hydrogens is 504 g/mol. The van der Waals surface area contributed by atoms with Gasteiger partial charge in [-0.3, -0.25) is 9.59 Å². The molecule has 3 aliphatic rings. The van der Waals surface area contributed by atoms with Crippen molar-refractivity contribution in [2.75, 3.05) is 32.8 Å². The molecule has 0 radical (unpaired) electrons. The van der Waals surface area contributed by atoms with Crippen molar-refractivity contribution < 1.29 is 36.0 Å². The highest BCUT2D eigenvalue weighted by Gasteiger charge is 2.50. The Morgan fingerprint density at radius 2 is 1.78 bits per heavy atom. The number of rotatable bonds is 14. The lowest BCUT2D eigenvalue weighted by Crippen LogP contribution is -2.53. The van der Waals surface area contributed by atoms with E-state index in [1.165, 1.54) is 18.7 Å². The zero-order valence-electron chi connectivity index (χ0n) is 22.2. The summed E-state index contributed by atoms with van der Waals surface area (Å²) < 4.78 is 40.3. The third-order valence-electron chi connectivity index (χ3n) is 7.08. The van der Waals surface area contributed by atoms with E-state index in [0.29, 0.717) is 12.8 Å². The number of amides is 3. The Hall–Kier alpha value is -1.96. The Morgan fingerprint density at radius 1 is 1.08 bits per heavy atom. The molecule has 2 N–H and O–H groups in total. The molecule has 3 amide bonds. The molecule has 0 aromatic carbocycles. The maximum absolute atomic E-state index is 12.9. The van der Waals surface area contributed by atoms with E-state index >= 15 is 0 Å². The van der Waals surface area contributed by atoms with Crippen LogP contribution in [0.25, 0.3) is 0 Å². The fourth-order valence-electron chi connectivity index (χ4n) is 4.73. The molecule has 3 rings (SSSR count). The van der Waals surface area contributed by atoms with E-state index in [-0.39, 0.29) is 25.1 Å². The summed E-state index contributed by atoms with van der Waals surface area (Å²) in [6.07, 6.45) is 7.51. The van der Waals surface area contributed by atoms with Crippen LogP contribution >= 0.6 is 0 Å². The number of carbonyl (C=O) groups is 3. The van der Waals surface area contributed by atoms with E-state index in [1.54, 1.807) is 0 Å². The first-order valence-electron chi connectivity index (χ1n) is 13.4. The second-order valence-electron chi connectivity index (χ2n) is 10.7. The molecule has 37 heavy (non-hydrogen) atoms. The smallest absolute Gasteiger partial charge is 0.421 e. The lowest BCUT2D eigenvalue weighted by Gasteiger charge is -2.32. The number of ether oxygens (including phenoxy) is 1. The minimum absolute atomic E-state index is 0.0569. The van der Waals surface area contributed by atoms with Crippen LogP contribution in [0.5, 0.6) is 0 Å². The van der Waals surface area contributed by atoms with E-state index < -0.39 is 46.5 Å². The largest absolute Gasteiger partial charge is 0.465 e. The van der Waals surface area contributed by atoms with Crippen molar-refractivity contribution in [3.8, 4) is 0 Å². The highest BCUT2D eigenvalue weighted by molar-refractivity contribution is 7.81. The predicted molar refractivity (Wildman–Crippen MR) is 134 cm³/mol. The van der Waals surface area contributed by atoms with E-state index in [9.17, 15) is 22.8 Å². The second kappa shape index (κ2) is 13.2. The number of urea groups is 1. The number of hydrogen-bond acceptors (Lipinski definition) is 9. The highest BCUT2D eigenvalue weighted by Crippen LogP contribution is 2.31. The van der Waals surface area contributed by atoms with Crippen LogP contribution in [-0.2, 0) is 33.2 Å². The van der Waals surface area contributed by atoms with Gasteiger partial charge in [0.25, 0.3) is 0 Å². The molecular formula is C24H42N4O8S.